The average molecular weight is 476 g/mol. The van der Waals surface area contributed by atoms with E-state index < -0.39 is 0 Å². The molecule has 29 heavy (non-hydrogen) atoms. The summed E-state index contributed by atoms with van der Waals surface area (Å²) in [6.07, 6.45) is 2.67. The van der Waals surface area contributed by atoms with Crippen molar-refractivity contribution in [3.8, 4) is 11.5 Å². The SMILES string of the molecule is CC[C@H](C)Oc1ccc(/C=C2\SC(=O)N(Cc3ccc(Br)cc3)C2=O)cc1OC. The van der Waals surface area contributed by atoms with Gasteiger partial charge in [0, 0.05) is 4.47 Å². The van der Waals surface area contributed by atoms with E-state index in [2.05, 4.69) is 22.9 Å². The van der Waals surface area contributed by atoms with Gasteiger partial charge >= 0.3 is 0 Å². The number of hydrogen-bond donors (Lipinski definition) is 0. The van der Waals surface area contributed by atoms with E-state index in [0.29, 0.717) is 16.4 Å². The summed E-state index contributed by atoms with van der Waals surface area (Å²) in [4.78, 5) is 26.8. The molecule has 1 aliphatic rings. The summed E-state index contributed by atoms with van der Waals surface area (Å²) >= 11 is 4.33. The zero-order valence-corrected chi connectivity index (χ0v) is 18.9. The van der Waals surface area contributed by atoms with Gasteiger partial charge in [-0.25, -0.2) is 0 Å². The molecule has 0 unspecified atom stereocenters. The Labute approximate surface area is 183 Å². The normalized spacial score (nSPS) is 16.4. The van der Waals surface area contributed by atoms with Crippen LogP contribution < -0.4 is 9.47 Å². The van der Waals surface area contributed by atoms with Crippen LogP contribution in [-0.2, 0) is 11.3 Å². The first-order valence-electron chi connectivity index (χ1n) is 9.25. The number of carbonyl (C=O) groups excluding carboxylic acids is 2. The third-order valence-corrected chi connectivity index (χ3v) is 5.95. The van der Waals surface area contributed by atoms with E-state index in [1.54, 1.807) is 19.3 Å². The Kier molecular flexibility index (Phi) is 7.03. The van der Waals surface area contributed by atoms with Crippen molar-refractivity contribution in [2.75, 3.05) is 7.11 Å². The molecule has 3 rings (SSSR count). The Morgan fingerprint density at radius 3 is 2.52 bits per heavy atom. The Morgan fingerprint density at radius 1 is 1.14 bits per heavy atom. The van der Waals surface area contributed by atoms with Crippen LogP contribution in [-0.4, -0.2) is 29.3 Å². The summed E-state index contributed by atoms with van der Waals surface area (Å²) in [7, 11) is 1.58. The number of methoxy groups -OCH3 is 1. The summed E-state index contributed by atoms with van der Waals surface area (Å²) in [5, 5.41) is -0.271. The highest BCUT2D eigenvalue weighted by Crippen LogP contribution is 2.35. The van der Waals surface area contributed by atoms with Crippen LogP contribution in [0.2, 0.25) is 0 Å². The molecule has 152 valence electrons. The molecule has 2 aromatic carbocycles. The zero-order chi connectivity index (χ0) is 21.0. The van der Waals surface area contributed by atoms with E-state index in [-0.39, 0.29) is 23.8 Å². The van der Waals surface area contributed by atoms with Crippen molar-refractivity contribution in [2.45, 2.75) is 32.9 Å². The van der Waals surface area contributed by atoms with Gasteiger partial charge in [0.25, 0.3) is 11.1 Å². The van der Waals surface area contributed by atoms with Crippen molar-refractivity contribution in [3.05, 3.63) is 63.0 Å². The number of hydrogen-bond acceptors (Lipinski definition) is 5. The fourth-order valence-corrected chi connectivity index (χ4v) is 3.83. The van der Waals surface area contributed by atoms with Gasteiger partial charge in [-0.2, -0.15) is 0 Å². The second-order valence-electron chi connectivity index (χ2n) is 6.64. The minimum absolute atomic E-state index is 0.0739. The molecule has 1 aliphatic heterocycles. The number of halogens is 1. The lowest BCUT2D eigenvalue weighted by Gasteiger charge is -2.15. The summed E-state index contributed by atoms with van der Waals surface area (Å²) in [5.74, 6) is 0.956. The van der Waals surface area contributed by atoms with Gasteiger partial charge in [-0.3, -0.25) is 14.5 Å². The maximum absolute atomic E-state index is 12.7. The molecule has 1 atom stereocenters. The molecule has 0 N–H and O–H groups in total. The Balaban J connectivity index is 1.79. The van der Waals surface area contributed by atoms with Gasteiger partial charge in [-0.15, -0.1) is 0 Å². The Bertz CT molecular complexity index is 942. The zero-order valence-electron chi connectivity index (χ0n) is 16.5. The molecular formula is C22H22BrNO4S. The molecule has 7 heteroatoms. The van der Waals surface area contributed by atoms with Crippen LogP contribution >= 0.6 is 27.7 Å². The molecule has 1 heterocycles. The summed E-state index contributed by atoms with van der Waals surface area (Å²) < 4.78 is 12.2. The van der Waals surface area contributed by atoms with Crippen LogP contribution in [0.4, 0.5) is 4.79 Å². The number of nitrogens with zero attached hydrogens (tertiary/aromatic N) is 1. The van der Waals surface area contributed by atoms with Crippen LogP contribution in [0.5, 0.6) is 11.5 Å². The number of carbonyl (C=O) groups is 2. The van der Waals surface area contributed by atoms with Crippen LogP contribution in [0, 0.1) is 0 Å². The van der Waals surface area contributed by atoms with E-state index in [0.717, 1.165) is 33.8 Å². The monoisotopic (exact) mass is 475 g/mol. The molecule has 0 bridgehead atoms. The van der Waals surface area contributed by atoms with Gasteiger partial charge in [0.1, 0.15) is 0 Å². The van der Waals surface area contributed by atoms with Gasteiger partial charge < -0.3 is 9.47 Å². The van der Waals surface area contributed by atoms with Crippen molar-refractivity contribution in [2.24, 2.45) is 0 Å². The number of amides is 2. The molecule has 0 aliphatic carbocycles. The number of benzene rings is 2. The lowest BCUT2D eigenvalue weighted by atomic mass is 10.1. The molecule has 0 radical (unpaired) electrons. The third kappa shape index (κ3) is 5.22. The second-order valence-corrected chi connectivity index (χ2v) is 8.55. The highest BCUT2D eigenvalue weighted by atomic mass is 79.9. The summed E-state index contributed by atoms with van der Waals surface area (Å²) in [6.45, 7) is 4.30. The van der Waals surface area contributed by atoms with E-state index in [1.807, 2.05) is 43.3 Å². The fraction of sp³-hybridized carbons (Fsp3) is 0.273. The summed E-state index contributed by atoms with van der Waals surface area (Å²) in [5.41, 5.74) is 1.66. The molecule has 2 aromatic rings. The molecular weight excluding hydrogens is 454 g/mol. The quantitative estimate of drug-likeness (QED) is 0.468. The van der Waals surface area contributed by atoms with Crippen molar-refractivity contribution in [1.82, 2.24) is 4.90 Å². The molecule has 1 saturated heterocycles. The van der Waals surface area contributed by atoms with Gasteiger partial charge in [-0.1, -0.05) is 41.1 Å². The number of thioether (sulfide) groups is 1. The van der Waals surface area contributed by atoms with Gasteiger partial charge in [0.2, 0.25) is 0 Å². The first-order chi connectivity index (χ1) is 13.9. The average Bonchev–Trinajstić information content (AvgIpc) is 2.97. The lowest BCUT2D eigenvalue weighted by Crippen LogP contribution is -2.27. The van der Waals surface area contributed by atoms with Crippen LogP contribution in [0.1, 0.15) is 31.4 Å². The van der Waals surface area contributed by atoms with Crippen LogP contribution in [0.15, 0.2) is 51.8 Å². The summed E-state index contributed by atoms with van der Waals surface area (Å²) in [6, 6.07) is 13.0. The largest absolute Gasteiger partial charge is 0.493 e. The van der Waals surface area contributed by atoms with Crippen LogP contribution in [0.3, 0.4) is 0 Å². The van der Waals surface area contributed by atoms with Crippen molar-refractivity contribution in [3.63, 3.8) is 0 Å². The molecule has 5 nitrogen and oxygen atoms in total. The van der Waals surface area contributed by atoms with E-state index in [9.17, 15) is 9.59 Å². The first-order valence-corrected chi connectivity index (χ1v) is 10.9. The standard InChI is InChI=1S/C22H22BrNO4S/c1-4-14(2)28-18-10-7-16(11-19(18)27-3)12-20-21(25)24(22(26)29-20)13-15-5-8-17(23)9-6-15/h5-12,14H,4,13H2,1-3H3/b20-12-/t14-/m0/s1. The number of rotatable bonds is 7. The molecule has 1 fully saturated rings. The maximum atomic E-state index is 12.7. The molecule has 0 aromatic heterocycles. The molecule has 0 saturated carbocycles. The van der Waals surface area contributed by atoms with Gasteiger partial charge in [-0.05, 0) is 66.6 Å². The molecule has 2 amide bonds. The second kappa shape index (κ2) is 9.50. The van der Waals surface area contributed by atoms with E-state index >= 15 is 0 Å². The Morgan fingerprint density at radius 2 is 1.86 bits per heavy atom. The minimum Gasteiger partial charge on any atom is -0.493 e. The maximum Gasteiger partial charge on any atom is 0.293 e. The topological polar surface area (TPSA) is 55.8 Å². The first kappa shape index (κ1) is 21.5. The third-order valence-electron chi connectivity index (χ3n) is 4.52. The van der Waals surface area contributed by atoms with Crippen molar-refractivity contribution < 1.29 is 19.1 Å². The van der Waals surface area contributed by atoms with Gasteiger partial charge in [0.15, 0.2) is 11.5 Å². The van der Waals surface area contributed by atoms with Crippen LogP contribution in [0.25, 0.3) is 6.08 Å². The fourth-order valence-electron chi connectivity index (χ4n) is 2.73. The highest BCUT2D eigenvalue weighted by Gasteiger charge is 2.35. The number of ether oxygens (including phenoxy) is 2. The highest BCUT2D eigenvalue weighted by molar-refractivity contribution is 9.10. The number of imide groups is 1. The van der Waals surface area contributed by atoms with Crippen molar-refractivity contribution in [1.29, 1.82) is 0 Å². The smallest absolute Gasteiger partial charge is 0.293 e. The predicted octanol–water partition coefficient (Wildman–Crippen LogP) is 5.87. The minimum atomic E-state index is -0.290. The predicted molar refractivity (Wildman–Crippen MR) is 119 cm³/mol. The lowest BCUT2D eigenvalue weighted by molar-refractivity contribution is -0.123. The van der Waals surface area contributed by atoms with E-state index in [1.165, 1.54) is 4.90 Å². The molecule has 0 spiro atoms. The van der Waals surface area contributed by atoms with E-state index in [4.69, 9.17) is 9.47 Å². The van der Waals surface area contributed by atoms with Crippen molar-refractivity contribution >= 4 is 44.9 Å². The van der Waals surface area contributed by atoms with Gasteiger partial charge in [0.05, 0.1) is 24.7 Å². The Hall–Kier alpha value is -2.25.